The van der Waals surface area contributed by atoms with Crippen LogP contribution in [-0.4, -0.2) is 10.9 Å². The Morgan fingerprint density at radius 3 is 2.69 bits per heavy atom. The number of anilines is 1. The van der Waals surface area contributed by atoms with Gasteiger partial charge in [-0.1, -0.05) is 36.4 Å². The molecule has 4 unspecified atom stereocenters. The zero-order chi connectivity index (χ0) is 25.2. The Morgan fingerprint density at radius 1 is 1.17 bits per heavy atom. The zero-order valence-corrected chi connectivity index (χ0v) is 20.5. The largest absolute Gasteiger partial charge is 0.384 e. The summed E-state index contributed by atoms with van der Waals surface area (Å²) in [7, 11) is 0. The van der Waals surface area contributed by atoms with Gasteiger partial charge >= 0.3 is 0 Å². The first kappa shape index (κ1) is 22.7. The molecule has 3 aliphatic rings. The van der Waals surface area contributed by atoms with Crippen molar-refractivity contribution in [1.29, 1.82) is 0 Å². The number of nitrogens with two attached hydrogens (primary N) is 1. The van der Waals surface area contributed by atoms with Crippen molar-refractivity contribution < 1.29 is 13.9 Å². The Balaban J connectivity index is 1.26. The van der Waals surface area contributed by atoms with E-state index in [0.29, 0.717) is 17.9 Å². The van der Waals surface area contributed by atoms with Crippen LogP contribution in [0.1, 0.15) is 56.9 Å². The van der Waals surface area contributed by atoms with E-state index in [0.717, 1.165) is 39.1 Å². The number of pyridine rings is 1. The molecule has 6 heteroatoms. The molecule has 1 aliphatic carbocycles. The van der Waals surface area contributed by atoms with Crippen molar-refractivity contribution in [3.8, 4) is 0 Å². The van der Waals surface area contributed by atoms with Crippen molar-refractivity contribution >= 4 is 17.3 Å². The predicted molar refractivity (Wildman–Crippen MR) is 137 cm³/mol. The lowest BCUT2D eigenvalue weighted by Gasteiger charge is -2.34. The summed E-state index contributed by atoms with van der Waals surface area (Å²) >= 11 is 0. The van der Waals surface area contributed by atoms with Crippen LogP contribution in [0.4, 0.5) is 10.2 Å². The summed E-state index contributed by atoms with van der Waals surface area (Å²) in [5, 5.41) is 3.04. The van der Waals surface area contributed by atoms with Crippen LogP contribution in [0.5, 0.6) is 0 Å². The van der Waals surface area contributed by atoms with Crippen molar-refractivity contribution in [3.63, 3.8) is 0 Å². The van der Waals surface area contributed by atoms with E-state index in [4.69, 9.17) is 10.5 Å². The topological polar surface area (TPSA) is 77.2 Å². The van der Waals surface area contributed by atoms with E-state index in [1.807, 2.05) is 38.1 Å². The molecule has 0 saturated carbocycles. The van der Waals surface area contributed by atoms with Gasteiger partial charge in [-0.25, -0.2) is 9.37 Å². The smallest absolute Gasteiger partial charge is 0.251 e. The van der Waals surface area contributed by atoms with Crippen LogP contribution in [0, 0.1) is 31.5 Å². The number of halogens is 1. The van der Waals surface area contributed by atoms with Crippen LogP contribution < -0.4 is 11.1 Å². The molecule has 1 fully saturated rings. The molecule has 1 saturated heterocycles. The number of benzene rings is 2. The number of carbonyl (C=O) groups excluding carboxylic acids is 1. The number of nitrogen functional groups attached to an aromatic ring is 1. The Hall–Kier alpha value is -3.77. The second-order valence-corrected chi connectivity index (χ2v) is 10.1. The monoisotopic (exact) mass is 481 g/mol. The van der Waals surface area contributed by atoms with Gasteiger partial charge in [0.15, 0.2) is 0 Å². The molecule has 6 rings (SSSR count). The van der Waals surface area contributed by atoms with E-state index >= 15 is 0 Å². The number of allylic oxidation sites excluding steroid dienone is 2. The fourth-order valence-corrected chi connectivity index (χ4v) is 6.12. The normalized spacial score (nSPS) is 25.3. The number of hydrogen-bond acceptors (Lipinski definition) is 4. The standard InChI is InChI=1S/C30H28FN3O2/c1-16-12-27(32)34-17(2)24(16)15-33-29(35)20-7-11-26-23(14-20)28-22-13-19(18-4-8-21(31)9-5-18)6-10-25(22)30(26,3)36-28/h4-14,22,25,28H,15H2,1-3H3,(H2,32,34)(H,33,35). The van der Waals surface area contributed by atoms with E-state index in [-0.39, 0.29) is 29.7 Å². The Labute approximate surface area is 209 Å². The first-order chi connectivity index (χ1) is 17.2. The van der Waals surface area contributed by atoms with E-state index in [9.17, 15) is 9.18 Å². The molecule has 5 nitrogen and oxygen atoms in total. The van der Waals surface area contributed by atoms with Crippen LogP contribution >= 0.6 is 0 Å². The number of rotatable bonds is 4. The number of hydrogen-bond donors (Lipinski definition) is 2. The average molecular weight is 482 g/mol. The molecule has 3 N–H and O–H groups in total. The summed E-state index contributed by atoms with van der Waals surface area (Å²) in [4.78, 5) is 17.4. The highest BCUT2D eigenvalue weighted by Crippen LogP contribution is 2.63. The van der Waals surface area contributed by atoms with Crippen molar-refractivity contribution in [1.82, 2.24) is 10.3 Å². The van der Waals surface area contributed by atoms with Gasteiger partial charge in [0.2, 0.25) is 0 Å². The molecular formula is C30H28FN3O2. The number of nitrogens with one attached hydrogen (secondary N) is 1. The summed E-state index contributed by atoms with van der Waals surface area (Å²) < 4.78 is 20.0. The van der Waals surface area contributed by atoms with Crippen LogP contribution in [0.25, 0.3) is 5.57 Å². The fourth-order valence-electron chi connectivity index (χ4n) is 6.12. The summed E-state index contributed by atoms with van der Waals surface area (Å²) in [5.74, 6) is 0.462. The van der Waals surface area contributed by atoms with E-state index < -0.39 is 5.60 Å². The van der Waals surface area contributed by atoms with Gasteiger partial charge in [-0.05, 0) is 84.5 Å². The fraction of sp³-hybridized carbons (Fsp3) is 0.267. The molecule has 3 aromatic rings. The summed E-state index contributed by atoms with van der Waals surface area (Å²) in [5.41, 5.74) is 13.1. The van der Waals surface area contributed by atoms with Gasteiger partial charge in [0.1, 0.15) is 11.6 Å². The number of aryl methyl sites for hydroxylation is 2. The number of nitrogens with zero attached hydrogens (tertiary/aromatic N) is 1. The summed E-state index contributed by atoms with van der Waals surface area (Å²) in [6, 6.07) is 14.3. The van der Waals surface area contributed by atoms with Gasteiger partial charge in [0.25, 0.3) is 5.91 Å². The summed E-state index contributed by atoms with van der Waals surface area (Å²) in [6.45, 7) is 6.39. The Bertz CT molecular complexity index is 1440. The van der Waals surface area contributed by atoms with Crippen molar-refractivity contribution in [2.45, 2.75) is 39.0 Å². The second-order valence-electron chi connectivity index (χ2n) is 10.1. The first-order valence-electron chi connectivity index (χ1n) is 12.2. The number of ether oxygens (including phenoxy) is 1. The number of aromatic nitrogens is 1. The van der Waals surface area contributed by atoms with E-state index in [1.165, 1.54) is 12.1 Å². The lowest BCUT2D eigenvalue weighted by molar-refractivity contribution is -0.0200. The summed E-state index contributed by atoms with van der Waals surface area (Å²) in [6.07, 6.45) is 6.44. The van der Waals surface area contributed by atoms with Crippen molar-refractivity contribution in [3.05, 3.63) is 112 Å². The molecule has 0 radical (unpaired) electrons. The first-order valence-corrected chi connectivity index (χ1v) is 12.2. The molecule has 3 heterocycles. The lowest BCUT2D eigenvalue weighted by Crippen LogP contribution is -2.32. The third-order valence-electron chi connectivity index (χ3n) is 7.96. The van der Waals surface area contributed by atoms with Gasteiger partial charge in [0.05, 0.1) is 11.7 Å². The number of carbonyl (C=O) groups is 1. The third-order valence-corrected chi connectivity index (χ3v) is 7.96. The molecule has 2 aliphatic heterocycles. The number of amides is 1. The Morgan fingerprint density at radius 2 is 1.94 bits per heavy atom. The van der Waals surface area contributed by atoms with Crippen LogP contribution in [-0.2, 0) is 16.9 Å². The molecule has 182 valence electrons. The van der Waals surface area contributed by atoms with Crippen LogP contribution in [0.15, 0.2) is 66.8 Å². The maximum atomic E-state index is 13.4. The molecule has 4 atom stereocenters. The minimum atomic E-state index is -0.440. The van der Waals surface area contributed by atoms with Crippen LogP contribution in [0.3, 0.4) is 0 Å². The highest BCUT2D eigenvalue weighted by atomic mass is 19.1. The highest BCUT2D eigenvalue weighted by Gasteiger charge is 2.58. The average Bonchev–Trinajstić information content (AvgIpc) is 3.32. The van der Waals surface area contributed by atoms with Gasteiger partial charge in [-0.3, -0.25) is 4.79 Å². The predicted octanol–water partition coefficient (Wildman–Crippen LogP) is 5.54. The van der Waals surface area contributed by atoms with Gasteiger partial charge < -0.3 is 15.8 Å². The molecule has 2 bridgehead atoms. The highest BCUT2D eigenvalue weighted by molar-refractivity contribution is 5.94. The molecule has 1 amide bonds. The maximum absolute atomic E-state index is 13.4. The lowest BCUT2D eigenvalue weighted by atomic mass is 9.67. The number of fused-ring (bicyclic) bond motifs is 8. The molecule has 36 heavy (non-hydrogen) atoms. The molecule has 1 aromatic heterocycles. The Kier molecular flexibility index (Phi) is 5.12. The van der Waals surface area contributed by atoms with Crippen molar-refractivity contribution in [2.75, 3.05) is 5.73 Å². The molecule has 0 spiro atoms. The molecule has 2 aromatic carbocycles. The second kappa shape index (κ2) is 8.14. The minimum absolute atomic E-state index is 0.131. The SMILES string of the molecule is Cc1cc(N)nc(C)c1CNC(=O)c1ccc2c(c1)C1OC2(C)C2C=CC(c3ccc(F)cc3)=CC12. The van der Waals surface area contributed by atoms with Gasteiger partial charge in [0, 0.05) is 29.6 Å². The quantitative estimate of drug-likeness (QED) is 0.513. The van der Waals surface area contributed by atoms with Crippen LogP contribution in [0.2, 0.25) is 0 Å². The van der Waals surface area contributed by atoms with Gasteiger partial charge in [-0.15, -0.1) is 0 Å². The van der Waals surface area contributed by atoms with E-state index in [2.05, 4.69) is 35.5 Å². The van der Waals surface area contributed by atoms with E-state index in [1.54, 1.807) is 12.1 Å². The third kappa shape index (κ3) is 3.47. The van der Waals surface area contributed by atoms with Gasteiger partial charge in [-0.2, -0.15) is 0 Å². The minimum Gasteiger partial charge on any atom is -0.384 e. The zero-order valence-electron chi connectivity index (χ0n) is 20.5. The molecular weight excluding hydrogens is 453 g/mol. The maximum Gasteiger partial charge on any atom is 0.251 e. The van der Waals surface area contributed by atoms with Crippen molar-refractivity contribution in [2.24, 2.45) is 11.8 Å².